The van der Waals surface area contributed by atoms with Gasteiger partial charge in [-0.25, -0.2) is 4.98 Å². The second-order valence-corrected chi connectivity index (χ2v) is 14.6. The summed E-state index contributed by atoms with van der Waals surface area (Å²) in [5, 5.41) is 11.7. The number of phenols is 1. The Labute approximate surface area is 362 Å². The number of imidazole rings is 1. The fourth-order valence-electron chi connectivity index (χ4n) is 7.44. The van der Waals surface area contributed by atoms with Gasteiger partial charge in [0.25, 0.3) is 0 Å². The number of benzene rings is 6. The maximum absolute atomic E-state index is 11.7. The van der Waals surface area contributed by atoms with Crippen LogP contribution in [-0.4, -0.2) is 19.6 Å². The lowest BCUT2D eigenvalue weighted by Gasteiger charge is -2.21. The minimum atomic E-state index is -3.48. The number of aromatic nitrogens is 3. The van der Waals surface area contributed by atoms with Crippen LogP contribution in [0.5, 0.6) is 5.75 Å². The van der Waals surface area contributed by atoms with E-state index in [2.05, 4.69) is 0 Å². The lowest BCUT2D eigenvalue weighted by Crippen LogP contribution is -2.12. The summed E-state index contributed by atoms with van der Waals surface area (Å²) in [4.78, 5) is 10.00. The zero-order valence-electron chi connectivity index (χ0n) is 49.6. The molecular formula is C53H51N3O. The Morgan fingerprint density at radius 2 is 1.23 bits per heavy atom. The Hall–Kier alpha value is -6.26. The van der Waals surface area contributed by atoms with Crippen molar-refractivity contribution in [2.24, 2.45) is 0 Å². The summed E-state index contributed by atoms with van der Waals surface area (Å²) in [6.07, 6.45) is 1.59. The summed E-state index contributed by atoms with van der Waals surface area (Å²) in [6.45, 7) is -15.5. The summed E-state index contributed by atoms with van der Waals surface area (Å²) in [5.74, 6) is 0.222. The fraction of sp³-hybridized carbons (Fsp3) is 0.208. The van der Waals surface area contributed by atoms with Crippen molar-refractivity contribution in [2.45, 2.75) is 72.7 Å². The molecule has 0 spiro atoms. The minimum absolute atomic E-state index is 0.0562. The molecule has 0 bridgehead atoms. The first-order valence-electron chi connectivity index (χ1n) is 27.4. The van der Waals surface area contributed by atoms with Crippen molar-refractivity contribution in [1.29, 1.82) is 0 Å². The van der Waals surface area contributed by atoms with Crippen molar-refractivity contribution in [2.75, 3.05) is 0 Å². The number of pyridine rings is 1. The molecule has 4 heteroatoms. The molecular weight excluding hydrogens is 695 g/mol. The van der Waals surface area contributed by atoms with Gasteiger partial charge in [-0.2, -0.15) is 0 Å². The number of aryl methyl sites for hydroxylation is 3. The molecule has 0 fully saturated rings. The van der Waals surface area contributed by atoms with Crippen LogP contribution in [0.2, 0.25) is 0 Å². The van der Waals surface area contributed by atoms with E-state index in [9.17, 15) is 5.11 Å². The Kier molecular flexibility index (Phi) is 5.51. The van der Waals surface area contributed by atoms with E-state index in [-0.39, 0.29) is 17.1 Å². The second-order valence-electron chi connectivity index (χ2n) is 14.6. The molecule has 0 unspecified atom stereocenters. The van der Waals surface area contributed by atoms with Crippen molar-refractivity contribution in [3.63, 3.8) is 0 Å². The Morgan fingerprint density at radius 1 is 0.544 bits per heavy atom. The quantitative estimate of drug-likeness (QED) is 0.183. The third-order valence-electron chi connectivity index (χ3n) is 10.3. The summed E-state index contributed by atoms with van der Waals surface area (Å²) in [7, 11) is 0. The number of phenolic OH excluding ortho intramolecular Hbond substituents is 1. The van der Waals surface area contributed by atoms with Crippen LogP contribution in [-0.2, 0) is 10.8 Å². The number of para-hydroxylation sites is 1. The zero-order valence-corrected chi connectivity index (χ0v) is 31.6. The molecule has 284 valence electrons. The van der Waals surface area contributed by atoms with Gasteiger partial charge < -0.3 is 5.11 Å². The number of nitrogens with zero attached hydrogens (tertiary/aromatic N) is 3. The van der Waals surface area contributed by atoms with E-state index in [1.807, 2.05) is 79.7 Å². The van der Waals surface area contributed by atoms with Gasteiger partial charge in [0.1, 0.15) is 11.6 Å². The summed E-state index contributed by atoms with van der Waals surface area (Å²) < 4.78 is 151. The molecule has 0 aliphatic heterocycles. The fourth-order valence-corrected chi connectivity index (χ4v) is 7.44. The van der Waals surface area contributed by atoms with E-state index >= 15 is 0 Å². The molecule has 1 N–H and O–H groups in total. The highest BCUT2D eigenvalue weighted by atomic mass is 16.3. The molecule has 4 nitrogen and oxygen atoms in total. The highest BCUT2D eigenvalue weighted by molar-refractivity contribution is 5.98. The van der Waals surface area contributed by atoms with E-state index in [0.717, 1.165) is 16.7 Å². The number of hydrogen-bond acceptors (Lipinski definition) is 3. The van der Waals surface area contributed by atoms with Crippen LogP contribution < -0.4 is 0 Å². The van der Waals surface area contributed by atoms with Gasteiger partial charge in [0.15, 0.2) is 0 Å². The molecule has 0 aliphatic rings. The highest BCUT2D eigenvalue weighted by Crippen LogP contribution is 2.42. The monoisotopic (exact) mass is 764 g/mol. The molecule has 0 saturated heterocycles. The van der Waals surface area contributed by atoms with Crippen molar-refractivity contribution in [1.82, 2.24) is 14.5 Å². The van der Waals surface area contributed by atoms with Gasteiger partial charge in [0, 0.05) is 42.0 Å². The van der Waals surface area contributed by atoms with Gasteiger partial charge in [0.05, 0.1) is 28.0 Å². The zero-order chi connectivity index (χ0) is 55.2. The van der Waals surface area contributed by atoms with Crippen LogP contribution in [0, 0.1) is 20.8 Å². The molecule has 57 heavy (non-hydrogen) atoms. The van der Waals surface area contributed by atoms with Crippen LogP contribution in [0.15, 0.2) is 140 Å². The average Bonchev–Trinajstić information content (AvgIpc) is 3.67. The van der Waals surface area contributed by atoms with E-state index < -0.39 is 57.5 Å². The third-order valence-corrected chi connectivity index (χ3v) is 10.3. The highest BCUT2D eigenvalue weighted by Gasteiger charge is 2.24. The molecule has 8 rings (SSSR count). The molecule has 0 aliphatic carbocycles. The standard InChI is InChI=1S/C53H51N3O/c1-33-26-35(3)50(57)45(27-33)51-55-49-44(16-13-17-48(49)56(51)47-23-22-43(28-34(47)2)53(7,8)9)40-29-39(36-14-11-10-12-15-36)30-41(31-40)46-32-38(24-25-54-46)37-18-20-42(21-19-37)52(4,5)6/h10-32,57H,1-9H3/i4D3,5D3,6D3,7D3,8D3,9D3. The second kappa shape index (κ2) is 14.4. The largest absolute Gasteiger partial charge is 0.507 e. The summed E-state index contributed by atoms with van der Waals surface area (Å²) >= 11 is 0. The SMILES string of the molecule is [2H]C([2H])([2H])C(c1ccc(-c2ccnc(-c3cc(-c4ccccc4)cc(-c4cccc5c4nc(-c4cc(C)cc(C)c4O)n5-c4ccc(C(C([2H])([2H])[2H])(C([2H])([2H])[2H])C([2H])([2H])[2H])cc4C)c3)c2)cc1)(C([2H])([2H])[2H])C([2H])([2H])[2H]. The molecule has 0 radical (unpaired) electrons. The van der Waals surface area contributed by atoms with Crippen LogP contribution >= 0.6 is 0 Å². The van der Waals surface area contributed by atoms with E-state index in [1.165, 1.54) is 42.5 Å². The third kappa shape index (κ3) is 7.29. The molecule has 2 heterocycles. The van der Waals surface area contributed by atoms with Crippen LogP contribution in [0.3, 0.4) is 0 Å². The lowest BCUT2D eigenvalue weighted by molar-refractivity contribution is 0.472. The topological polar surface area (TPSA) is 50.9 Å². The van der Waals surface area contributed by atoms with Gasteiger partial charge in [0.2, 0.25) is 0 Å². The molecule has 0 amide bonds. The first-order valence-corrected chi connectivity index (χ1v) is 18.4. The Morgan fingerprint density at radius 3 is 1.96 bits per heavy atom. The average molecular weight is 764 g/mol. The molecule has 0 saturated carbocycles. The first kappa shape index (κ1) is 21.9. The van der Waals surface area contributed by atoms with Crippen LogP contribution in [0.1, 0.15) is 93.6 Å². The van der Waals surface area contributed by atoms with Gasteiger partial charge in [-0.1, -0.05) is 126 Å². The Bertz CT molecular complexity index is 3380. The number of aromatic hydroxyl groups is 1. The van der Waals surface area contributed by atoms with Gasteiger partial charge in [-0.15, -0.1) is 0 Å². The van der Waals surface area contributed by atoms with Crippen LogP contribution in [0.25, 0.3) is 72.7 Å². The summed E-state index contributed by atoms with van der Waals surface area (Å²) in [6, 6.07) is 37.5. The maximum atomic E-state index is 11.7. The first-order chi connectivity index (χ1) is 34.7. The van der Waals surface area contributed by atoms with E-state index in [1.54, 1.807) is 42.8 Å². The number of fused-ring (bicyclic) bond motifs is 1. The predicted molar refractivity (Wildman–Crippen MR) is 239 cm³/mol. The molecule has 8 aromatic rings. The smallest absolute Gasteiger partial charge is 0.149 e. The Balaban J connectivity index is 1.34. The van der Waals surface area contributed by atoms with Crippen molar-refractivity contribution < 1.29 is 29.8 Å². The molecule has 2 aromatic heterocycles. The van der Waals surface area contributed by atoms with Crippen molar-refractivity contribution in [3.8, 4) is 67.5 Å². The van der Waals surface area contributed by atoms with Crippen molar-refractivity contribution in [3.05, 3.63) is 167 Å². The number of rotatable bonds is 6. The van der Waals surface area contributed by atoms with Crippen molar-refractivity contribution >= 4 is 11.0 Å². The van der Waals surface area contributed by atoms with Gasteiger partial charge in [-0.3, -0.25) is 9.55 Å². The summed E-state index contributed by atoms with van der Waals surface area (Å²) in [5.41, 5.74) is 1.55. The maximum Gasteiger partial charge on any atom is 0.149 e. The van der Waals surface area contributed by atoms with Crippen LogP contribution in [0.4, 0.5) is 0 Å². The molecule has 6 aromatic carbocycles. The van der Waals surface area contributed by atoms with E-state index in [4.69, 9.17) is 34.6 Å². The predicted octanol–water partition coefficient (Wildman–Crippen LogP) is 14.0. The minimum Gasteiger partial charge on any atom is -0.507 e. The normalized spacial score (nSPS) is 18.0. The van der Waals surface area contributed by atoms with Gasteiger partial charge >= 0.3 is 0 Å². The lowest BCUT2D eigenvalue weighted by atomic mass is 9.86. The van der Waals surface area contributed by atoms with E-state index in [0.29, 0.717) is 66.9 Å². The van der Waals surface area contributed by atoms with Gasteiger partial charge in [-0.05, 0) is 136 Å². The molecule has 0 atom stereocenters. The number of hydrogen-bond donors (Lipinski definition) is 1.